The topological polar surface area (TPSA) is 121 Å². The Morgan fingerprint density at radius 1 is 1.18 bits per heavy atom. The summed E-state index contributed by atoms with van der Waals surface area (Å²) in [5, 5.41) is 5.35. The molecule has 1 fully saturated rings. The lowest BCUT2D eigenvalue weighted by Gasteiger charge is -2.34. The number of ether oxygens (including phenoxy) is 2. The van der Waals surface area contributed by atoms with E-state index in [9.17, 15) is 4.79 Å². The lowest BCUT2D eigenvalue weighted by molar-refractivity contribution is 0.0169. The largest absolute Gasteiger partial charge is 0.484 e. The second kappa shape index (κ2) is 10.2. The van der Waals surface area contributed by atoms with E-state index in [4.69, 9.17) is 20.3 Å². The van der Waals surface area contributed by atoms with Gasteiger partial charge in [0.05, 0.1) is 17.1 Å². The fourth-order valence-electron chi connectivity index (χ4n) is 4.50. The number of carbonyl (C=O) groups is 1. The van der Waals surface area contributed by atoms with Gasteiger partial charge in [0.15, 0.2) is 17.2 Å². The van der Waals surface area contributed by atoms with Crippen molar-refractivity contribution in [3.05, 3.63) is 60.4 Å². The normalized spacial score (nSPS) is 16.0. The van der Waals surface area contributed by atoms with Crippen LogP contribution in [0.3, 0.4) is 0 Å². The van der Waals surface area contributed by atoms with Crippen molar-refractivity contribution in [1.29, 1.82) is 0 Å². The maximum atomic E-state index is 15.1. The third kappa shape index (κ3) is 5.36. The first-order chi connectivity index (χ1) is 18.2. The van der Waals surface area contributed by atoms with Crippen LogP contribution in [-0.4, -0.2) is 54.4 Å². The molecule has 198 valence electrons. The number of rotatable bonds is 5. The van der Waals surface area contributed by atoms with Crippen LogP contribution in [0.2, 0.25) is 0 Å². The van der Waals surface area contributed by atoms with Gasteiger partial charge in [-0.2, -0.15) is 5.10 Å². The van der Waals surface area contributed by atoms with Crippen molar-refractivity contribution in [2.45, 2.75) is 51.9 Å². The zero-order valence-electron chi connectivity index (χ0n) is 21.6. The first-order valence-corrected chi connectivity index (χ1v) is 12.5. The monoisotopic (exact) mass is 519 g/mol. The number of likely N-dealkylation sites (tertiary alicyclic amines) is 1. The van der Waals surface area contributed by atoms with Gasteiger partial charge in [0, 0.05) is 24.8 Å². The summed E-state index contributed by atoms with van der Waals surface area (Å²) in [7, 11) is 0. The molecule has 3 aromatic heterocycles. The summed E-state index contributed by atoms with van der Waals surface area (Å²) in [6.07, 6.45) is 4.23. The highest BCUT2D eigenvalue weighted by Crippen LogP contribution is 2.35. The Hall–Kier alpha value is -4.28. The maximum absolute atomic E-state index is 15.1. The van der Waals surface area contributed by atoms with Gasteiger partial charge < -0.3 is 20.1 Å². The van der Waals surface area contributed by atoms with E-state index in [2.05, 4.69) is 15.0 Å². The molecule has 0 saturated carbocycles. The number of pyridine rings is 1. The maximum Gasteiger partial charge on any atom is 0.410 e. The predicted molar refractivity (Wildman–Crippen MR) is 140 cm³/mol. The molecule has 38 heavy (non-hydrogen) atoms. The highest BCUT2D eigenvalue weighted by molar-refractivity contribution is 5.98. The highest BCUT2D eigenvalue weighted by Gasteiger charge is 2.31. The number of halogens is 1. The molecule has 2 N–H and O–H groups in total. The van der Waals surface area contributed by atoms with Crippen molar-refractivity contribution in [2.75, 3.05) is 18.8 Å². The number of amides is 1. The molecule has 1 unspecified atom stereocenters. The number of nitrogens with zero attached hydrogens (tertiary/aromatic N) is 6. The van der Waals surface area contributed by atoms with Crippen molar-refractivity contribution in [3.8, 4) is 17.0 Å². The Bertz CT molecular complexity index is 1450. The van der Waals surface area contributed by atoms with E-state index in [0.717, 1.165) is 12.8 Å². The molecule has 0 bridgehead atoms. The fourth-order valence-corrected chi connectivity index (χ4v) is 4.50. The SMILES string of the molecule is CC(C)(C)OC(=O)N1CCCC(n2nc(-c3ccc(OCc4ccccn4)c(F)c3)c3c(N)ncnc32)C1. The molecule has 0 radical (unpaired) electrons. The van der Waals surface area contributed by atoms with Crippen LogP contribution >= 0.6 is 0 Å². The molecule has 4 aromatic rings. The van der Waals surface area contributed by atoms with Gasteiger partial charge in [-0.15, -0.1) is 0 Å². The Balaban J connectivity index is 1.44. The zero-order valence-corrected chi connectivity index (χ0v) is 21.6. The molecule has 4 heterocycles. The van der Waals surface area contributed by atoms with Crippen molar-refractivity contribution in [3.63, 3.8) is 0 Å². The number of nitrogens with two attached hydrogens (primary N) is 1. The number of piperidine rings is 1. The Kier molecular flexibility index (Phi) is 6.83. The van der Waals surface area contributed by atoms with Gasteiger partial charge in [-0.05, 0) is 63.9 Å². The van der Waals surface area contributed by atoms with Gasteiger partial charge in [0.1, 0.15) is 30.0 Å². The second-order valence-electron chi connectivity index (χ2n) is 10.2. The number of aromatic nitrogens is 5. The van der Waals surface area contributed by atoms with Gasteiger partial charge in [-0.25, -0.2) is 23.8 Å². The Morgan fingerprint density at radius 3 is 2.76 bits per heavy atom. The smallest absolute Gasteiger partial charge is 0.410 e. The zero-order chi connectivity index (χ0) is 26.9. The van der Waals surface area contributed by atoms with Crippen LogP contribution in [0, 0.1) is 5.82 Å². The molecule has 11 heteroatoms. The Labute approximate surface area is 219 Å². The molecule has 1 aliphatic heterocycles. The van der Waals surface area contributed by atoms with Crippen LogP contribution in [0.5, 0.6) is 5.75 Å². The van der Waals surface area contributed by atoms with Gasteiger partial charge in [0.2, 0.25) is 0 Å². The number of fused-ring (bicyclic) bond motifs is 1. The van der Waals surface area contributed by atoms with E-state index in [1.807, 2.05) is 32.9 Å². The highest BCUT2D eigenvalue weighted by atomic mass is 19.1. The minimum Gasteiger partial charge on any atom is -0.484 e. The quantitative estimate of drug-likeness (QED) is 0.401. The number of anilines is 1. The summed E-state index contributed by atoms with van der Waals surface area (Å²) in [6, 6.07) is 9.95. The third-order valence-corrected chi connectivity index (χ3v) is 6.22. The van der Waals surface area contributed by atoms with Crippen LogP contribution in [0.25, 0.3) is 22.3 Å². The predicted octanol–water partition coefficient (Wildman–Crippen LogP) is 4.76. The van der Waals surface area contributed by atoms with E-state index in [1.165, 1.54) is 12.4 Å². The number of benzene rings is 1. The lowest BCUT2D eigenvalue weighted by Crippen LogP contribution is -2.43. The second-order valence-corrected chi connectivity index (χ2v) is 10.2. The molecule has 1 aliphatic rings. The van der Waals surface area contributed by atoms with Crippen LogP contribution in [0.4, 0.5) is 15.0 Å². The molecule has 1 atom stereocenters. The van der Waals surface area contributed by atoms with Crippen molar-refractivity contribution < 1.29 is 18.7 Å². The summed E-state index contributed by atoms with van der Waals surface area (Å²) >= 11 is 0. The fraction of sp³-hybridized carbons (Fsp3) is 0.370. The summed E-state index contributed by atoms with van der Waals surface area (Å²) in [6.45, 7) is 6.67. The number of hydrogen-bond donors (Lipinski definition) is 1. The molecule has 0 aliphatic carbocycles. The minimum absolute atomic E-state index is 0.104. The molecule has 0 spiro atoms. The number of hydrogen-bond acceptors (Lipinski definition) is 8. The minimum atomic E-state index is -0.588. The molecule has 1 aromatic carbocycles. The Morgan fingerprint density at radius 2 is 2.03 bits per heavy atom. The summed E-state index contributed by atoms with van der Waals surface area (Å²) in [4.78, 5) is 27.2. The van der Waals surface area contributed by atoms with E-state index in [0.29, 0.717) is 41.1 Å². The molecule has 10 nitrogen and oxygen atoms in total. The summed E-state index contributed by atoms with van der Waals surface area (Å²) in [5.41, 5.74) is 7.85. The summed E-state index contributed by atoms with van der Waals surface area (Å²) in [5.74, 6) is -0.190. The van der Waals surface area contributed by atoms with Gasteiger partial charge >= 0.3 is 6.09 Å². The van der Waals surface area contributed by atoms with Crippen LogP contribution < -0.4 is 10.5 Å². The van der Waals surface area contributed by atoms with Crippen LogP contribution in [-0.2, 0) is 11.3 Å². The van der Waals surface area contributed by atoms with Crippen molar-refractivity contribution >= 4 is 22.9 Å². The number of carbonyl (C=O) groups excluding carboxylic acids is 1. The van der Waals surface area contributed by atoms with Gasteiger partial charge in [-0.3, -0.25) is 4.98 Å². The standard InChI is InChI=1S/C27H30FN7O3/c1-27(2,3)38-26(36)34-12-6-8-19(14-34)35-25-22(24(29)31-16-32-25)23(33-35)17-9-10-21(20(28)13-17)37-15-18-7-4-5-11-30-18/h4-5,7,9-11,13,16,19H,6,8,12,14-15H2,1-3H3,(H2,29,31,32). The van der Waals surface area contributed by atoms with Crippen LogP contribution in [0.1, 0.15) is 45.3 Å². The third-order valence-electron chi connectivity index (χ3n) is 6.22. The average Bonchev–Trinajstić information content (AvgIpc) is 3.29. The molecule has 5 rings (SSSR count). The summed E-state index contributed by atoms with van der Waals surface area (Å²) < 4.78 is 28.0. The average molecular weight is 520 g/mol. The number of nitrogen functional groups attached to an aromatic ring is 1. The molecular weight excluding hydrogens is 489 g/mol. The van der Waals surface area contributed by atoms with E-state index < -0.39 is 11.4 Å². The lowest BCUT2D eigenvalue weighted by atomic mass is 10.1. The van der Waals surface area contributed by atoms with E-state index >= 15 is 4.39 Å². The molecular formula is C27H30FN7O3. The molecule has 1 saturated heterocycles. The van der Waals surface area contributed by atoms with E-state index in [-0.39, 0.29) is 30.3 Å². The van der Waals surface area contributed by atoms with Crippen molar-refractivity contribution in [1.82, 2.24) is 29.6 Å². The van der Waals surface area contributed by atoms with Gasteiger partial charge in [0.25, 0.3) is 0 Å². The van der Waals surface area contributed by atoms with Crippen LogP contribution in [0.15, 0.2) is 48.9 Å². The van der Waals surface area contributed by atoms with E-state index in [1.54, 1.807) is 34.0 Å². The first kappa shape index (κ1) is 25.4. The van der Waals surface area contributed by atoms with Gasteiger partial charge in [-0.1, -0.05) is 6.07 Å². The molecule has 1 amide bonds. The van der Waals surface area contributed by atoms with Crippen molar-refractivity contribution in [2.24, 2.45) is 0 Å². The first-order valence-electron chi connectivity index (χ1n) is 12.5.